The lowest BCUT2D eigenvalue weighted by Gasteiger charge is -2.20. The maximum absolute atomic E-state index is 11.2. The van der Waals surface area contributed by atoms with Crippen molar-refractivity contribution in [2.45, 2.75) is 18.9 Å². The van der Waals surface area contributed by atoms with Crippen molar-refractivity contribution in [1.82, 2.24) is 14.9 Å². The van der Waals surface area contributed by atoms with Crippen LogP contribution in [-0.4, -0.2) is 73.0 Å². The van der Waals surface area contributed by atoms with E-state index >= 15 is 0 Å². The van der Waals surface area contributed by atoms with Gasteiger partial charge in [-0.15, -0.1) is 0 Å². The molecule has 0 amide bonds. The summed E-state index contributed by atoms with van der Waals surface area (Å²) in [6.07, 6.45) is 1.24. The number of aryl methyl sites for hydroxylation is 1. The second-order valence-electron chi connectivity index (χ2n) is 8.28. The zero-order valence-corrected chi connectivity index (χ0v) is 17.0. The predicted molar refractivity (Wildman–Crippen MR) is 109 cm³/mol. The molecule has 4 rings (SSSR count). The summed E-state index contributed by atoms with van der Waals surface area (Å²) >= 11 is 0. The van der Waals surface area contributed by atoms with Crippen molar-refractivity contribution in [2.24, 2.45) is 11.3 Å². The zero-order valence-electron chi connectivity index (χ0n) is 17.0. The number of ether oxygens (including phenoxy) is 1. The molecule has 6 nitrogen and oxygen atoms in total. The minimum atomic E-state index is -0.367. The lowest BCUT2D eigenvalue weighted by atomic mass is 9.95. The van der Waals surface area contributed by atoms with Crippen molar-refractivity contribution >= 4 is 5.82 Å². The van der Waals surface area contributed by atoms with Gasteiger partial charge in [0.05, 0.1) is 12.7 Å². The van der Waals surface area contributed by atoms with Crippen LogP contribution in [-0.2, 0) is 4.74 Å². The lowest BCUT2D eigenvalue weighted by Crippen LogP contribution is -2.29. The zero-order chi connectivity index (χ0) is 19.7. The number of β-amino-alcohol motifs (C(OH)–C–C–N with tert-alkyl or cyclic N) is 1. The number of likely N-dealkylation sites (N-methyl/N-ethyl adjacent to an activating group) is 1. The van der Waals surface area contributed by atoms with E-state index in [1.807, 2.05) is 13.0 Å². The summed E-state index contributed by atoms with van der Waals surface area (Å²) in [5, 5.41) is 11.2. The Labute approximate surface area is 167 Å². The fourth-order valence-corrected chi connectivity index (χ4v) is 5.03. The van der Waals surface area contributed by atoms with Crippen LogP contribution in [0.2, 0.25) is 0 Å². The number of aliphatic hydroxyl groups excluding tert-OH is 1. The Balaban J connectivity index is 1.59. The van der Waals surface area contributed by atoms with Gasteiger partial charge >= 0.3 is 0 Å². The topological polar surface area (TPSA) is 61.7 Å². The minimum Gasteiger partial charge on any atom is -0.391 e. The number of aliphatic hydroxyl groups is 1. The van der Waals surface area contributed by atoms with Gasteiger partial charge in [0.1, 0.15) is 12.1 Å². The van der Waals surface area contributed by atoms with E-state index in [9.17, 15) is 5.11 Å². The molecular formula is C22H30N4O2. The van der Waals surface area contributed by atoms with Gasteiger partial charge in [-0.1, -0.05) is 30.3 Å². The quantitative estimate of drug-likeness (QED) is 0.790. The Morgan fingerprint density at radius 2 is 2.07 bits per heavy atom. The van der Waals surface area contributed by atoms with Crippen LogP contribution >= 0.6 is 0 Å². The fraction of sp³-hybridized carbons (Fsp3) is 0.545. The number of aromatic nitrogens is 2. The molecule has 2 fully saturated rings. The molecule has 0 bridgehead atoms. The molecule has 1 spiro atoms. The number of hydrogen-bond donors (Lipinski definition) is 1. The molecule has 1 saturated carbocycles. The maximum Gasteiger partial charge on any atom is 0.132 e. The number of rotatable bonds is 7. The summed E-state index contributed by atoms with van der Waals surface area (Å²) in [5.41, 5.74) is 2.15. The number of nitrogens with zero attached hydrogens (tertiary/aromatic N) is 4. The van der Waals surface area contributed by atoms with Gasteiger partial charge in [0.15, 0.2) is 0 Å². The van der Waals surface area contributed by atoms with E-state index in [4.69, 9.17) is 4.74 Å². The van der Waals surface area contributed by atoms with Crippen LogP contribution in [0.5, 0.6) is 0 Å². The van der Waals surface area contributed by atoms with Crippen LogP contribution in [0.3, 0.4) is 0 Å². The molecule has 28 heavy (non-hydrogen) atoms. The molecule has 1 aromatic heterocycles. The van der Waals surface area contributed by atoms with Crippen LogP contribution in [0, 0.1) is 18.3 Å². The molecule has 0 radical (unpaired) electrons. The Morgan fingerprint density at radius 3 is 2.79 bits per heavy atom. The molecular weight excluding hydrogens is 352 g/mol. The normalized spacial score (nSPS) is 29.0. The predicted octanol–water partition coefficient (Wildman–Crippen LogP) is 1.94. The molecule has 150 valence electrons. The maximum atomic E-state index is 11.2. The smallest absolute Gasteiger partial charge is 0.132 e. The average Bonchev–Trinajstić information content (AvgIpc) is 3.18. The summed E-state index contributed by atoms with van der Waals surface area (Å²) in [4.78, 5) is 13.2. The lowest BCUT2D eigenvalue weighted by molar-refractivity contribution is 0.114. The monoisotopic (exact) mass is 382 g/mol. The third-order valence-electron chi connectivity index (χ3n) is 6.50. The molecule has 2 aromatic rings. The van der Waals surface area contributed by atoms with E-state index in [2.05, 4.69) is 57.1 Å². The summed E-state index contributed by atoms with van der Waals surface area (Å²) < 4.78 is 5.24. The van der Waals surface area contributed by atoms with Gasteiger partial charge < -0.3 is 19.6 Å². The summed E-state index contributed by atoms with van der Waals surface area (Å²) in [5.74, 6) is 1.69. The van der Waals surface area contributed by atoms with Crippen LogP contribution in [0.15, 0.2) is 42.7 Å². The van der Waals surface area contributed by atoms with Crippen LogP contribution in [0.4, 0.5) is 5.82 Å². The van der Waals surface area contributed by atoms with Crippen molar-refractivity contribution in [3.05, 3.63) is 54.0 Å². The van der Waals surface area contributed by atoms with E-state index in [0.29, 0.717) is 18.4 Å². The number of hydrogen-bond acceptors (Lipinski definition) is 6. The van der Waals surface area contributed by atoms with E-state index < -0.39 is 0 Å². The minimum absolute atomic E-state index is 0.123. The average molecular weight is 383 g/mol. The Hall–Kier alpha value is -2.02. The van der Waals surface area contributed by atoms with E-state index in [1.165, 1.54) is 5.56 Å². The Kier molecular flexibility index (Phi) is 5.36. The molecule has 2 heterocycles. The highest BCUT2D eigenvalue weighted by atomic mass is 16.5. The van der Waals surface area contributed by atoms with Crippen LogP contribution < -0.4 is 4.90 Å². The van der Waals surface area contributed by atoms with Crippen molar-refractivity contribution in [3.63, 3.8) is 0 Å². The van der Waals surface area contributed by atoms with Gasteiger partial charge in [-0.3, -0.25) is 0 Å². The second kappa shape index (κ2) is 7.78. The highest BCUT2D eigenvalue weighted by molar-refractivity contribution is 5.47. The first-order valence-electron chi connectivity index (χ1n) is 10.0. The summed E-state index contributed by atoms with van der Waals surface area (Å²) in [6, 6.07) is 12.7. The van der Waals surface area contributed by atoms with Gasteiger partial charge in [0, 0.05) is 50.5 Å². The highest BCUT2D eigenvalue weighted by Crippen LogP contribution is 2.69. The van der Waals surface area contributed by atoms with Crippen molar-refractivity contribution in [1.29, 1.82) is 0 Å². The Bertz CT molecular complexity index is 802. The number of methoxy groups -OCH3 is 1. The Morgan fingerprint density at radius 1 is 1.29 bits per heavy atom. The molecule has 1 saturated heterocycles. The third kappa shape index (κ3) is 3.41. The van der Waals surface area contributed by atoms with Gasteiger partial charge in [-0.25, -0.2) is 9.97 Å². The van der Waals surface area contributed by atoms with Crippen LogP contribution in [0.25, 0.3) is 0 Å². The molecule has 2 aliphatic rings. The molecule has 6 heteroatoms. The van der Waals surface area contributed by atoms with E-state index in [0.717, 1.165) is 37.8 Å². The first-order valence-corrected chi connectivity index (χ1v) is 10.0. The third-order valence-corrected chi connectivity index (χ3v) is 6.50. The summed E-state index contributed by atoms with van der Waals surface area (Å²) in [6.45, 7) is 6.00. The SMILES string of the molecule is COCCN(C)C[C@@H]1[C@@H](c2ccccc2)[C@]12CN(c1cc(C)ncn1)C[C@H]2O. The van der Waals surface area contributed by atoms with Gasteiger partial charge in [-0.2, -0.15) is 0 Å². The first kappa shape index (κ1) is 19.3. The molecule has 4 atom stereocenters. The standard InChI is InChI=1S/C22H30N4O2/c1-16-11-20(24-15-23-16)26-13-19(27)22(14-26)18(12-25(2)9-10-28-3)21(22)17-7-5-4-6-8-17/h4-8,11,15,18-19,21,27H,9-10,12-14H2,1-3H3/t18-,19-,21-,22-/m1/s1. The first-order chi connectivity index (χ1) is 13.6. The van der Waals surface area contributed by atoms with Gasteiger partial charge in [-0.05, 0) is 31.4 Å². The van der Waals surface area contributed by atoms with Crippen molar-refractivity contribution < 1.29 is 9.84 Å². The van der Waals surface area contributed by atoms with Crippen LogP contribution in [0.1, 0.15) is 17.2 Å². The number of anilines is 1. The molecule has 1 aromatic carbocycles. The number of benzene rings is 1. The van der Waals surface area contributed by atoms with Crippen molar-refractivity contribution in [2.75, 3.05) is 51.8 Å². The summed E-state index contributed by atoms with van der Waals surface area (Å²) in [7, 11) is 3.88. The van der Waals surface area contributed by atoms with E-state index in [1.54, 1.807) is 13.4 Å². The van der Waals surface area contributed by atoms with Gasteiger partial charge in [0.25, 0.3) is 0 Å². The molecule has 1 N–H and O–H groups in total. The van der Waals surface area contributed by atoms with E-state index in [-0.39, 0.29) is 11.5 Å². The van der Waals surface area contributed by atoms with Gasteiger partial charge in [0.2, 0.25) is 0 Å². The highest BCUT2D eigenvalue weighted by Gasteiger charge is 2.71. The fourth-order valence-electron chi connectivity index (χ4n) is 5.03. The molecule has 1 aliphatic carbocycles. The largest absolute Gasteiger partial charge is 0.391 e. The van der Waals surface area contributed by atoms with Crippen molar-refractivity contribution in [3.8, 4) is 0 Å². The molecule has 1 aliphatic heterocycles. The molecule has 0 unspecified atom stereocenters. The second-order valence-corrected chi connectivity index (χ2v) is 8.28.